The van der Waals surface area contributed by atoms with Gasteiger partial charge in [0.25, 0.3) is 5.56 Å². The lowest BCUT2D eigenvalue weighted by Gasteiger charge is -2.04. The molecule has 0 saturated heterocycles. The van der Waals surface area contributed by atoms with Gasteiger partial charge in [-0.1, -0.05) is 58.3 Å². The maximum absolute atomic E-state index is 11.6. The summed E-state index contributed by atoms with van der Waals surface area (Å²) in [7, 11) is 0. The third-order valence-corrected chi connectivity index (χ3v) is 4.01. The van der Waals surface area contributed by atoms with Crippen LogP contribution in [0.5, 0.6) is 0 Å². The summed E-state index contributed by atoms with van der Waals surface area (Å²) in [5, 5.41) is 0. The third-order valence-electron chi connectivity index (χ3n) is 4.01. The van der Waals surface area contributed by atoms with Crippen LogP contribution in [0.1, 0.15) is 64.7 Å². The molecule has 0 unspecified atom stereocenters. The molecule has 2 rings (SSSR count). The van der Waals surface area contributed by atoms with Crippen LogP contribution in [0.15, 0.2) is 15.9 Å². The Bertz CT molecular complexity index is 683. The van der Waals surface area contributed by atoms with Gasteiger partial charge in [0, 0.05) is 6.54 Å². The molecule has 0 fully saturated rings. The van der Waals surface area contributed by atoms with E-state index < -0.39 is 11.2 Å². The third kappa shape index (κ3) is 4.58. The Morgan fingerprint density at radius 1 is 0.955 bits per heavy atom. The smallest absolute Gasteiger partial charge is 0.317 e. The number of imidazole rings is 1. The molecule has 122 valence electrons. The minimum absolute atomic E-state index is 0.301. The number of aryl methyl sites for hydroxylation is 1. The minimum Gasteiger partial charge on any atom is -0.317 e. The number of H-pyrrole nitrogens is 2. The normalized spacial score (nSPS) is 11.3. The molecular formula is C16H26N4O2. The monoisotopic (exact) mass is 306 g/mol. The molecule has 2 aromatic rings. The molecule has 2 N–H and O–H groups in total. The number of aromatic nitrogens is 4. The quantitative estimate of drug-likeness (QED) is 0.662. The van der Waals surface area contributed by atoms with Crippen LogP contribution in [0, 0.1) is 0 Å². The van der Waals surface area contributed by atoms with Crippen molar-refractivity contribution in [3.05, 3.63) is 27.2 Å². The van der Waals surface area contributed by atoms with Gasteiger partial charge in [0.1, 0.15) is 5.65 Å². The fourth-order valence-electron chi connectivity index (χ4n) is 2.74. The first kappa shape index (κ1) is 16.5. The summed E-state index contributed by atoms with van der Waals surface area (Å²) in [5.74, 6) is 0. The highest BCUT2D eigenvalue weighted by Crippen LogP contribution is 2.11. The Hall–Kier alpha value is -1.85. The summed E-state index contributed by atoms with van der Waals surface area (Å²) < 4.78 is 1.85. The van der Waals surface area contributed by atoms with Crippen molar-refractivity contribution in [2.75, 3.05) is 0 Å². The molecule has 0 aliphatic carbocycles. The van der Waals surface area contributed by atoms with E-state index in [1.54, 1.807) is 6.33 Å². The van der Waals surface area contributed by atoms with Crippen molar-refractivity contribution >= 4 is 11.2 Å². The number of fused-ring (bicyclic) bond motifs is 1. The summed E-state index contributed by atoms with van der Waals surface area (Å²) in [4.78, 5) is 31.8. The fourth-order valence-corrected chi connectivity index (χ4v) is 2.74. The summed E-state index contributed by atoms with van der Waals surface area (Å²) in [6, 6.07) is 0. The lowest BCUT2D eigenvalue weighted by Crippen LogP contribution is -2.22. The molecule has 0 bridgehead atoms. The van der Waals surface area contributed by atoms with Gasteiger partial charge in [-0.3, -0.25) is 14.8 Å². The first-order valence-corrected chi connectivity index (χ1v) is 8.40. The van der Waals surface area contributed by atoms with Gasteiger partial charge in [-0.2, -0.15) is 0 Å². The van der Waals surface area contributed by atoms with Crippen molar-refractivity contribution < 1.29 is 0 Å². The van der Waals surface area contributed by atoms with Crippen LogP contribution in [0.4, 0.5) is 0 Å². The SMILES string of the molecule is CCCCCCCCCCCn1cnc2c(=O)[nH]c(=O)[nH]c21. The minimum atomic E-state index is -0.480. The number of unbranched alkanes of at least 4 members (excludes halogenated alkanes) is 8. The van der Waals surface area contributed by atoms with Crippen molar-refractivity contribution in [3.8, 4) is 0 Å². The molecule has 6 nitrogen and oxygen atoms in total. The lowest BCUT2D eigenvalue weighted by atomic mass is 10.1. The van der Waals surface area contributed by atoms with E-state index in [0.29, 0.717) is 11.2 Å². The van der Waals surface area contributed by atoms with Crippen molar-refractivity contribution in [2.45, 2.75) is 71.3 Å². The molecule has 0 radical (unpaired) electrons. The van der Waals surface area contributed by atoms with Gasteiger partial charge in [-0.15, -0.1) is 0 Å². The molecule has 0 saturated carbocycles. The maximum Gasteiger partial charge on any atom is 0.327 e. The van der Waals surface area contributed by atoms with Crippen LogP contribution < -0.4 is 11.2 Å². The summed E-state index contributed by atoms with van der Waals surface area (Å²) in [6.45, 7) is 3.02. The Morgan fingerprint density at radius 2 is 1.59 bits per heavy atom. The standard InChI is InChI=1S/C16H26N4O2/c1-2-3-4-5-6-7-8-9-10-11-20-12-17-13-14(20)18-16(22)19-15(13)21/h12H,2-11H2,1H3,(H2,18,19,21,22). The molecular weight excluding hydrogens is 280 g/mol. The van der Waals surface area contributed by atoms with Gasteiger partial charge in [0.15, 0.2) is 5.52 Å². The molecule has 0 atom stereocenters. The van der Waals surface area contributed by atoms with Gasteiger partial charge >= 0.3 is 5.69 Å². The van der Waals surface area contributed by atoms with E-state index in [1.165, 1.54) is 51.4 Å². The molecule has 2 heterocycles. The fraction of sp³-hybridized carbons (Fsp3) is 0.688. The first-order chi connectivity index (χ1) is 10.7. The van der Waals surface area contributed by atoms with Crippen LogP contribution in [0.25, 0.3) is 11.2 Å². The summed E-state index contributed by atoms with van der Waals surface area (Å²) >= 11 is 0. The van der Waals surface area contributed by atoms with E-state index in [1.807, 2.05) is 4.57 Å². The number of hydrogen-bond donors (Lipinski definition) is 2. The van der Waals surface area contributed by atoms with E-state index >= 15 is 0 Å². The highest BCUT2D eigenvalue weighted by molar-refractivity contribution is 5.68. The van der Waals surface area contributed by atoms with Gasteiger partial charge in [0.2, 0.25) is 0 Å². The molecule has 0 spiro atoms. The molecule has 0 aromatic carbocycles. The largest absolute Gasteiger partial charge is 0.327 e. The van der Waals surface area contributed by atoms with Crippen LogP contribution >= 0.6 is 0 Å². The number of hydrogen-bond acceptors (Lipinski definition) is 3. The van der Waals surface area contributed by atoms with E-state index in [4.69, 9.17) is 0 Å². The molecule has 0 aliphatic rings. The molecule has 0 aliphatic heterocycles. The zero-order valence-corrected chi connectivity index (χ0v) is 13.4. The molecule has 22 heavy (non-hydrogen) atoms. The second-order valence-electron chi connectivity index (χ2n) is 5.87. The van der Waals surface area contributed by atoms with E-state index in [-0.39, 0.29) is 0 Å². The van der Waals surface area contributed by atoms with Crippen molar-refractivity contribution in [3.63, 3.8) is 0 Å². The van der Waals surface area contributed by atoms with Crippen LogP contribution in [-0.4, -0.2) is 19.5 Å². The Labute approximate surface area is 130 Å². The first-order valence-electron chi connectivity index (χ1n) is 8.40. The highest BCUT2D eigenvalue weighted by Gasteiger charge is 2.07. The second-order valence-corrected chi connectivity index (χ2v) is 5.87. The number of nitrogens with zero attached hydrogens (tertiary/aromatic N) is 2. The van der Waals surface area contributed by atoms with Gasteiger partial charge in [0.05, 0.1) is 6.33 Å². The van der Waals surface area contributed by atoms with Gasteiger partial charge in [-0.05, 0) is 6.42 Å². The van der Waals surface area contributed by atoms with E-state index in [2.05, 4.69) is 21.9 Å². The van der Waals surface area contributed by atoms with Gasteiger partial charge in [-0.25, -0.2) is 9.78 Å². The molecule has 6 heteroatoms. The van der Waals surface area contributed by atoms with E-state index in [0.717, 1.165) is 13.0 Å². The van der Waals surface area contributed by atoms with Crippen LogP contribution in [0.3, 0.4) is 0 Å². The highest BCUT2D eigenvalue weighted by atomic mass is 16.2. The average Bonchev–Trinajstić information content (AvgIpc) is 2.89. The second kappa shape index (κ2) is 8.56. The van der Waals surface area contributed by atoms with E-state index in [9.17, 15) is 9.59 Å². The lowest BCUT2D eigenvalue weighted by molar-refractivity contribution is 0.541. The van der Waals surface area contributed by atoms with Crippen molar-refractivity contribution in [1.29, 1.82) is 0 Å². The van der Waals surface area contributed by atoms with Crippen LogP contribution in [0.2, 0.25) is 0 Å². The topological polar surface area (TPSA) is 83.5 Å². The van der Waals surface area contributed by atoms with Crippen LogP contribution in [-0.2, 0) is 6.54 Å². The predicted octanol–water partition coefficient (Wildman–Crippen LogP) is 2.94. The summed E-state index contributed by atoms with van der Waals surface area (Å²) in [6.07, 6.45) is 13.1. The molecule has 0 amide bonds. The Kier molecular flexibility index (Phi) is 6.43. The van der Waals surface area contributed by atoms with Crippen molar-refractivity contribution in [1.82, 2.24) is 19.5 Å². The average molecular weight is 306 g/mol. The number of aromatic amines is 2. The zero-order valence-electron chi connectivity index (χ0n) is 13.4. The van der Waals surface area contributed by atoms with Gasteiger partial charge < -0.3 is 4.57 Å². The number of rotatable bonds is 10. The zero-order chi connectivity index (χ0) is 15.8. The summed E-state index contributed by atoms with van der Waals surface area (Å²) in [5.41, 5.74) is -0.0836. The predicted molar refractivity (Wildman–Crippen MR) is 88.2 cm³/mol. The Balaban J connectivity index is 1.72. The Morgan fingerprint density at radius 3 is 2.27 bits per heavy atom. The van der Waals surface area contributed by atoms with Crippen molar-refractivity contribution in [2.24, 2.45) is 0 Å². The number of nitrogens with one attached hydrogen (secondary N) is 2. The molecule has 2 aromatic heterocycles. The maximum atomic E-state index is 11.6.